The summed E-state index contributed by atoms with van der Waals surface area (Å²) in [6, 6.07) is 0. The van der Waals surface area contributed by atoms with Gasteiger partial charge in [-0.05, 0) is 56.3 Å². The van der Waals surface area contributed by atoms with E-state index in [1.165, 1.54) is 26.4 Å². The smallest absolute Gasteiger partial charge is 0.355 e. The van der Waals surface area contributed by atoms with E-state index in [1.807, 2.05) is 0 Å². The molecular formula is C15H19NO4. The van der Waals surface area contributed by atoms with Gasteiger partial charge in [0.05, 0.1) is 12.8 Å². The van der Waals surface area contributed by atoms with Crippen molar-refractivity contribution in [1.82, 2.24) is 0 Å². The highest BCUT2D eigenvalue weighted by Crippen LogP contribution is 2.61. The summed E-state index contributed by atoms with van der Waals surface area (Å²) in [5.74, 6) is 0.190. The molecule has 5 rings (SSSR count). The molecule has 0 N–H and O–H groups in total. The lowest BCUT2D eigenvalue weighted by Gasteiger charge is -2.56. The van der Waals surface area contributed by atoms with E-state index in [0.717, 1.165) is 37.0 Å². The van der Waals surface area contributed by atoms with Crippen molar-refractivity contribution in [2.75, 3.05) is 7.11 Å². The van der Waals surface area contributed by atoms with Crippen molar-refractivity contribution >= 4 is 17.7 Å². The molecule has 1 atom stereocenters. The molecule has 0 aromatic rings. The van der Waals surface area contributed by atoms with Gasteiger partial charge in [0.2, 0.25) is 0 Å². The van der Waals surface area contributed by atoms with Crippen LogP contribution in [0.3, 0.4) is 0 Å². The molecule has 0 spiro atoms. The first-order valence-corrected chi connectivity index (χ1v) is 7.48. The Balaban J connectivity index is 1.69. The standard InChI is InChI=1S/C15H19NO4/c1-19-13(17)11-12(16-20-14(11)18)15-5-8-2-9(6-15)4-10(3-8)7-15/h8-11H,2-7H2,1H3. The van der Waals surface area contributed by atoms with Crippen LogP contribution in [0.25, 0.3) is 0 Å². The number of hydrogen-bond donors (Lipinski definition) is 0. The molecule has 0 amide bonds. The second-order valence-corrected chi connectivity index (χ2v) is 7.04. The van der Waals surface area contributed by atoms with E-state index in [0.29, 0.717) is 5.71 Å². The summed E-state index contributed by atoms with van der Waals surface area (Å²) < 4.78 is 4.78. The maximum absolute atomic E-state index is 11.9. The molecule has 1 heterocycles. The molecule has 5 heteroatoms. The minimum atomic E-state index is -0.920. The summed E-state index contributed by atoms with van der Waals surface area (Å²) in [5, 5.41) is 4.02. The fourth-order valence-corrected chi connectivity index (χ4v) is 5.46. The zero-order chi connectivity index (χ0) is 13.9. The number of esters is 1. The largest absolute Gasteiger partial charge is 0.468 e. The van der Waals surface area contributed by atoms with Crippen LogP contribution >= 0.6 is 0 Å². The van der Waals surface area contributed by atoms with Gasteiger partial charge in [-0.2, -0.15) is 0 Å². The van der Waals surface area contributed by atoms with E-state index in [9.17, 15) is 9.59 Å². The number of oxime groups is 1. The summed E-state index contributed by atoms with van der Waals surface area (Å²) >= 11 is 0. The molecule has 0 saturated heterocycles. The van der Waals surface area contributed by atoms with Gasteiger partial charge in [0.25, 0.3) is 0 Å². The molecule has 5 nitrogen and oxygen atoms in total. The number of carbonyl (C=O) groups is 2. The van der Waals surface area contributed by atoms with Gasteiger partial charge in [0.15, 0.2) is 5.92 Å². The fraction of sp³-hybridized carbons (Fsp3) is 0.800. The SMILES string of the molecule is COC(=O)C1C(=O)ON=C1C12CC3CC(CC(C3)C1)C2. The summed E-state index contributed by atoms with van der Waals surface area (Å²) in [7, 11) is 1.31. The molecule has 108 valence electrons. The highest BCUT2D eigenvalue weighted by molar-refractivity contribution is 6.20. The van der Waals surface area contributed by atoms with Gasteiger partial charge in [0, 0.05) is 5.41 Å². The number of rotatable bonds is 2. The second kappa shape index (κ2) is 4.06. The minimum Gasteiger partial charge on any atom is -0.468 e. The molecule has 4 aliphatic carbocycles. The normalized spacial score (nSPS) is 45.2. The molecule has 0 aromatic heterocycles. The van der Waals surface area contributed by atoms with Gasteiger partial charge >= 0.3 is 11.9 Å². The predicted octanol–water partition coefficient (Wildman–Crippen LogP) is 1.90. The second-order valence-electron chi connectivity index (χ2n) is 7.04. The third-order valence-electron chi connectivity index (χ3n) is 5.76. The molecule has 0 aromatic carbocycles. The summed E-state index contributed by atoms with van der Waals surface area (Å²) in [5.41, 5.74) is 0.577. The van der Waals surface area contributed by atoms with E-state index in [4.69, 9.17) is 9.57 Å². The lowest BCUT2D eigenvalue weighted by Crippen LogP contribution is -2.52. The Morgan fingerprint density at radius 3 is 2.25 bits per heavy atom. The van der Waals surface area contributed by atoms with E-state index < -0.39 is 17.9 Å². The maximum Gasteiger partial charge on any atom is 0.355 e. The molecule has 4 saturated carbocycles. The summed E-state index contributed by atoms with van der Waals surface area (Å²) in [6.45, 7) is 0. The van der Waals surface area contributed by atoms with Crippen LogP contribution in [0, 0.1) is 29.1 Å². The van der Waals surface area contributed by atoms with Crippen molar-refractivity contribution in [3.05, 3.63) is 0 Å². The first-order valence-electron chi connectivity index (χ1n) is 7.48. The van der Waals surface area contributed by atoms with Gasteiger partial charge in [-0.25, -0.2) is 4.79 Å². The van der Waals surface area contributed by atoms with Crippen LogP contribution in [0.4, 0.5) is 0 Å². The van der Waals surface area contributed by atoms with Crippen molar-refractivity contribution < 1.29 is 19.2 Å². The van der Waals surface area contributed by atoms with Crippen molar-refractivity contribution in [3.8, 4) is 0 Å². The van der Waals surface area contributed by atoms with Crippen molar-refractivity contribution in [3.63, 3.8) is 0 Å². The van der Waals surface area contributed by atoms with Crippen LogP contribution in [0.5, 0.6) is 0 Å². The average molecular weight is 277 g/mol. The first kappa shape index (κ1) is 12.4. The van der Waals surface area contributed by atoms with Crippen LogP contribution in [0.2, 0.25) is 0 Å². The van der Waals surface area contributed by atoms with Gasteiger partial charge in [-0.1, -0.05) is 5.16 Å². The Morgan fingerprint density at radius 1 is 1.20 bits per heavy atom. The quantitative estimate of drug-likeness (QED) is 0.439. The molecule has 1 unspecified atom stereocenters. The highest BCUT2D eigenvalue weighted by Gasteiger charge is 2.58. The summed E-state index contributed by atoms with van der Waals surface area (Å²) in [6.07, 6.45) is 7.10. The lowest BCUT2D eigenvalue weighted by molar-refractivity contribution is -0.154. The van der Waals surface area contributed by atoms with Crippen molar-refractivity contribution in [2.24, 2.45) is 34.2 Å². The van der Waals surface area contributed by atoms with E-state index >= 15 is 0 Å². The Morgan fingerprint density at radius 2 is 1.75 bits per heavy atom. The molecule has 0 radical (unpaired) electrons. The third-order valence-corrected chi connectivity index (χ3v) is 5.76. The number of ether oxygens (including phenoxy) is 1. The van der Waals surface area contributed by atoms with Gasteiger partial charge in [-0.15, -0.1) is 0 Å². The number of methoxy groups -OCH3 is 1. The van der Waals surface area contributed by atoms with Crippen LogP contribution in [-0.4, -0.2) is 24.8 Å². The van der Waals surface area contributed by atoms with E-state index in [1.54, 1.807) is 0 Å². The van der Waals surface area contributed by atoms with Crippen LogP contribution in [0.15, 0.2) is 5.16 Å². The highest BCUT2D eigenvalue weighted by atomic mass is 16.7. The van der Waals surface area contributed by atoms with Gasteiger partial charge in [0.1, 0.15) is 0 Å². The van der Waals surface area contributed by atoms with E-state index in [-0.39, 0.29) is 5.41 Å². The van der Waals surface area contributed by atoms with Gasteiger partial charge < -0.3 is 9.57 Å². The fourth-order valence-electron chi connectivity index (χ4n) is 5.46. The van der Waals surface area contributed by atoms with Crippen molar-refractivity contribution in [1.29, 1.82) is 0 Å². The van der Waals surface area contributed by atoms with Crippen LogP contribution in [0.1, 0.15) is 38.5 Å². The zero-order valence-corrected chi connectivity index (χ0v) is 11.6. The Labute approximate surface area is 117 Å². The lowest BCUT2D eigenvalue weighted by atomic mass is 9.47. The Kier molecular flexibility index (Phi) is 2.51. The molecule has 5 aliphatic rings. The maximum atomic E-state index is 11.9. The number of nitrogens with zero attached hydrogens (tertiary/aromatic N) is 1. The zero-order valence-electron chi connectivity index (χ0n) is 11.6. The Bertz CT molecular complexity index is 475. The topological polar surface area (TPSA) is 65.0 Å². The molecular weight excluding hydrogens is 258 g/mol. The number of hydrogen-bond acceptors (Lipinski definition) is 5. The average Bonchev–Trinajstić information content (AvgIpc) is 2.79. The van der Waals surface area contributed by atoms with Crippen LogP contribution < -0.4 is 0 Å². The Hall–Kier alpha value is -1.39. The predicted molar refractivity (Wildman–Crippen MR) is 69.6 cm³/mol. The molecule has 20 heavy (non-hydrogen) atoms. The molecule has 4 bridgehead atoms. The third kappa shape index (κ3) is 1.58. The van der Waals surface area contributed by atoms with Crippen LogP contribution in [-0.2, 0) is 19.2 Å². The molecule has 1 aliphatic heterocycles. The summed E-state index contributed by atoms with van der Waals surface area (Å²) in [4.78, 5) is 28.6. The minimum absolute atomic E-state index is 0.0836. The first-order chi connectivity index (χ1) is 9.61. The monoisotopic (exact) mass is 277 g/mol. The molecule has 4 fully saturated rings. The van der Waals surface area contributed by atoms with Gasteiger partial charge in [-0.3, -0.25) is 4.79 Å². The van der Waals surface area contributed by atoms with Crippen molar-refractivity contribution in [2.45, 2.75) is 38.5 Å². The number of carbonyl (C=O) groups excluding carboxylic acids is 2. The van der Waals surface area contributed by atoms with E-state index in [2.05, 4.69) is 5.16 Å².